The van der Waals surface area contributed by atoms with E-state index in [-0.39, 0.29) is 17.9 Å². The summed E-state index contributed by atoms with van der Waals surface area (Å²) in [6.45, 7) is 5.94. The lowest BCUT2D eigenvalue weighted by Crippen LogP contribution is -2.59. The summed E-state index contributed by atoms with van der Waals surface area (Å²) in [5.74, 6) is -21.0. The number of esters is 1. The zero-order chi connectivity index (χ0) is 38.6. The highest BCUT2D eigenvalue weighted by molar-refractivity contribution is 5.99. The number of halogens is 9. The molecule has 0 spiro atoms. The van der Waals surface area contributed by atoms with Crippen molar-refractivity contribution in [3.05, 3.63) is 120 Å². The second kappa shape index (κ2) is 15.0. The van der Waals surface area contributed by atoms with Crippen LogP contribution in [-0.2, 0) is 5.92 Å². The molecule has 0 N–H and O–H groups in total. The third-order valence-corrected chi connectivity index (χ3v) is 8.08. The second-order valence-corrected chi connectivity index (χ2v) is 11.4. The van der Waals surface area contributed by atoms with Crippen LogP contribution in [-0.4, -0.2) is 37.1 Å². The van der Waals surface area contributed by atoms with Gasteiger partial charge in [-0.2, -0.15) is 49.7 Å². The van der Waals surface area contributed by atoms with Gasteiger partial charge in [0.15, 0.2) is 0 Å². The van der Waals surface area contributed by atoms with Crippen LogP contribution in [0, 0.1) is 0 Å². The van der Waals surface area contributed by atoms with Gasteiger partial charge in [0.2, 0.25) is 0 Å². The molecule has 0 aromatic heterocycles. The van der Waals surface area contributed by atoms with E-state index in [2.05, 4.69) is 39.2 Å². The number of azo groups is 2. The molecule has 0 radical (unpaired) electrons. The highest BCUT2D eigenvalue weighted by Gasteiger charge is 2.82. The Morgan fingerprint density at radius 3 is 1.51 bits per heavy atom. The lowest BCUT2D eigenvalue weighted by Gasteiger charge is -2.33. The first kappa shape index (κ1) is 38.4. The Morgan fingerprint density at radius 1 is 0.585 bits per heavy atom. The van der Waals surface area contributed by atoms with Gasteiger partial charge in [0.1, 0.15) is 5.75 Å². The van der Waals surface area contributed by atoms with E-state index in [4.69, 9.17) is 4.74 Å². The zero-order valence-electron chi connectivity index (χ0n) is 27.8. The monoisotopic (exact) mass is 745 g/mol. The van der Waals surface area contributed by atoms with Crippen LogP contribution >= 0.6 is 0 Å². The Balaban J connectivity index is 1.25. The molecule has 0 unspecified atom stereocenters. The van der Waals surface area contributed by atoms with Crippen LogP contribution in [0.4, 0.5) is 68.0 Å². The Bertz CT molecular complexity index is 2120. The average molecular weight is 746 g/mol. The number of anilines is 1. The van der Waals surface area contributed by atoms with Crippen molar-refractivity contribution in [1.82, 2.24) is 0 Å². The third kappa shape index (κ3) is 7.85. The fraction of sp³-hybridized carbons (Fsp3) is 0.216. The first-order valence-electron chi connectivity index (χ1n) is 15.8. The van der Waals surface area contributed by atoms with Gasteiger partial charge in [-0.25, -0.2) is 4.79 Å². The number of fused-ring (bicyclic) bond motifs is 1. The van der Waals surface area contributed by atoms with Crippen molar-refractivity contribution in [2.45, 2.75) is 37.8 Å². The summed E-state index contributed by atoms with van der Waals surface area (Å²) < 4.78 is 125. The molecule has 0 atom stereocenters. The molecule has 5 rings (SSSR count). The van der Waals surface area contributed by atoms with Gasteiger partial charge in [0.05, 0.1) is 28.3 Å². The molecule has 5 aromatic rings. The molecule has 0 saturated heterocycles. The lowest BCUT2D eigenvalue weighted by atomic mass is 9.96. The minimum absolute atomic E-state index is 0.0532. The molecular formula is C37H28F9N5O2. The highest BCUT2D eigenvalue weighted by Crippen LogP contribution is 2.56. The molecule has 0 bridgehead atoms. The standard InChI is InChI=1S/C37H28F9N5O2/c1-3-51(4-2)27-17-13-25(14-18-27)47-49-31-21-22-32(30-8-6-5-7-29(30)31)50-48-26-15-19-28(20-16-26)53-33(52)23-9-11-24(12-10-23)34(38,39)35(40,41)36(42,43)37(44,45)46/h5-22H,3-4H2,1-2H3. The van der Waals surface area contributed by atoms with Crippen LogP contribution in [0.3, 0.4) is 0 Å². The van der Waals surface area contributed by atoms with E-state index in [1.165, 1.54) is 24.3 Å². The average Bonchev–Trinajstić information content (AvgIpc) is 3.14. The molecule has 16 heteroatoms. The predicted molar refractivity (Wildman–Crippen MR) is 180 cm³/mol. The van der Waals surface area contributed by atoms with Crippen molar-refractivity contribution in [3.63, 3.8) is 0 Å². The first-order valence-corrected chi connectivity index (χ1v) is 15.8. The summed E-state index contributed by atoms with van der Waals surface area (Å²) in [5.41, 5.74) is 0.894. The Morgan fingerprint density at radius 2 is 1.06 bits per heavy atom. The Labute approximate surface area is 296 Å². The van der Waals surface area contributed by atoms with Crippen molar-refractivity contribution in [1.29, 1.82) is 0 Å². The number of alkyl halides is 9. The van der Waals surface area contributed by atoms with Gasteiger partial charge in [0.25, 0.3) is 0 Å². The molecule has 7 nitrogen and oxygen atoms in total. The van der Waals surface area contributed by atoms with E-state index >= 15 is 0 Å². The van der Waals surface area contributed by atoms with Crippen LogP contribution < -0.4 is 9.64 Å². The number of carbonyl (C=O) groups is 1. The smallest absolute Gasteiger partial charge is 0.423 e. The van der Waals surface area contributed by atoms with Crippen molar-refractivity contribution in [3.8, 4) is 5.75 Å². The van der Waals surface area contributed by atoms with Crippen LogP contribution in [0.15, 0.2) is 130 Å². The van der Waals surface area contributed by atoms with Crippen LogP contribution in [0.1, 0.15) is 29.8 Å². The Kier molecular flexibility index (Phi) is 10.9. The summed E-state index contributed by atoms with van der Waals surface area (Å²) in [6.07, 6.45) is -6.95. The largest absolute Gasteiger partial charge is 0.460 e. The van der Waals surface area contributed by atoms with E-state index in [1.54, 1.807) is 12.1 Å². The first-order chi connectivity index (χ1) is 25.0. The molecule has 0 amide bonds. The summed E-state index contributed by atoms with van der Waals surface area (Å²) in [6, 6.07) is 25.5. The van der Waals surface area contributed by atoms with Crippen molar-refractivity contribution < 1.29 is 49.0 Å². The molecule has 0 fully saturated rings. The highest BCUT2D eigenvalue weighted by atomic mass is 19.4. The molecule has 53 heavy (non-hydrogen) atoms. The molecule has 0 aliphatic heterocycles. The fourth-order valence-electron chi connectivity index (χ4n) is 5.10. The van der Waals surface area contributed by atoms with Crippen molar-refractivity contribution >= 4 is 45.2 Å². The van der Waals surface area contributed by atoms with E-state index in [9.17, 15) is 44.3 Å². The van der Waals surface area contributed by atoms with Gasteiger partial charge >= 0.3 is 29.9 Å². The minimum atomic E-state index is -7.04. The number of nitrogens with zero attached hydrogens (tertiary/aromatic N) is 5. The molecule has 0 saturated carbocycles. The van der Waals surface area contributed by atoms with E-state index in [0.29, 0.717) is 34.9 Å². The molecule has 0 aliphatic rings. The SMILES string of the molecule is CCN(CC)c1ccc(N=Nc2ccc(N=Nc3ccc(OC(=O)c4ccc(C(F)(F)C(F)(F)C(F)(F)C(F)(F)F)cc4)cc3)c3ccccc23)cc1. The number of hydrogen-bond acceptors (Lipinski definition) is 7. The van der Waals surface area contributed by atoms with Crippen molar-refractivity contribution in [2.75, 3.05) is 18.0 Å². The van der Waals surface area contributed by atoms with E-state index < -0.39 is 41.0 Å². The number of hydrogen-bond donors (Lipinski definition) is 0. The van der Waals surface area contributed by atoms with E-state index in [1.807, 2.05) is 48.5 Å². The van der Waals surface area contributed by atoms with Gasteiger partial charge in [-0.3, -0.25) is 0 Å². The topological polar surface area (TPSA) is 79.0 Å². The maximum atomic E-state index is 14.2. The summed E-state index contributed by atoms with van der Waals surface area (Å²) in [5, 5.41) is 18.9. The Hall–Kier alpha value is -5.80. The minimum Gasteiger partial charge on any atom is -0.423 e. The third-order valence-electron chi connectivity index (χ3n) is 8.08. The maximum Gasteiger partial charge on any atom is 0.460 e. The van der Waals surface area contributed by atoms with E-state index in [0.717, 1.165) is 29.5 Å². The predicted octanol–water partition coefficient (Wildman–Crippen LogP) is 12.7. The molecule has 0 aliphatic carbocycles. The molecule has 5 aromatic carbocycles. The molecule has 276 valence electrons. The normalized spacial score (nSPS) is 12.9. The van der Waals surface area contributed by atoms with Gasteiger partial charge in [-0.15, -0.1) is 10.2 Å². The fourth-order valence-corrected chi connectivity index (χ4v) is 5.10. The molecule has 0 heterocycles. The van der Waals surface area contributed by atoms with Gasteiger partial charge in [-0.05, 0) is 86.6 Å². The summed E-state index contributed by atoms with van der Waals surface area (Å²) in [7, 11) is 0. The molecular weight excluding hydrogens is 717 g/mol. The number of benzene rings is 5. The number of carbonyl (C=O) groups excluding carboxylic acids is 1. The van der Waals surface area contributed by atoms with Gasteiger partial charge in [-0.1, -0.05) is 36.4 Å². The number of ether oxygens (including phenoxy) is 1. The maximum absolute atomic E-state index is 14.2. The summed E-state index contributed by atoms with van der Waals surface area (Å²) in [4.78, 5) is 14.7. The lowest BCUT2D eigenvalue weighted by molar-refractivity contribution is -0.399. The zero-order valence-corrected chi connectivity index (χ0v) is 27.8. The van der Waals surface area contributed by atoms with Crippen LogP contribution in [0.2, 0.25) is 0 Å². The number of rotatable bonds is 12. The quantitative estimate of drug-likeness (QED) is 0.0552. The summed E-state index contributed by atoms with van der Waals surface area (Å²) >= 11 is 0. The van der Waals surface area contributed by atoms with Crippen LogP contribution in [0.25, 0.3) is 10.8 Å². The second-order valence-electron chi connectivity index (χ2n) is 11.4. The van der Waals surface area contributed by atoms with Gasteiger partial charge < -0.3 is 9.64 Å². The van der Waals surface area contributed by atoms with Crippen LogP contribution in [0.5, 0.6) is 5.75 Å². The van der Waals surface area contributed by atoms with Gasteiger partial charge in [0, 0.05) is 35.1 Å². The van der Waals surface area contributed by atoms with Crippen molar-refractivity contribution in [2.24, 2.45) is 20.5 Å².